The number of benzene rings is 1. The van der Waals surface area contributed by atoms with Gasteiger partial charge >= 0.3 is 0 Å². The van der Waals surface area contributed by atoms with Gasteiger partial charge in [-0.05, 0) is 63.3 Å². The van der Waals surface area contributed by atoms with E-state index in [1.165, 1.54) is 0 Å². The Morgan fingerprint density at radius 2 is 1.77 bits per heavy atom. The number of likely N-dealkylation sites (tertiary alicyclic amines) is 1. The fourth-order valence-electron chi connectivity index (χ4n) is 8.22. The second-order valence-corrected chi connectivity index (χ2v) is 13.0. The van der Waals surface area contributed by atoms with Gasteiger partial charge in [-0.15, -0.1) is 13.2 Å². The molecule has 0 radical (unpaired) electrons. The summed E-state index contributed by atoms with van der Waals surface area (Å²) in [6, 6.07) is 6.49. The second kappa shape index (κ2) is 15.3. The lowest BCUT2D eigenvalue weighted by molar-refractivity contribution is -0.152. The van der Waals surface area contributed by atoms with Gasteiger partial charge in [0.15, 0.2) is 0 Å². The van der Waals surface area contributed by atoms with Gasteiger partial charge in [0.25, 0.3) is 0 Å². The molecule has 5 atom stereocenters. The first-order chi connectivity index (χ1) is 22.8. The van der Waals surface area contributed by atoms with Crippen LogP contribution in [0.5, 0.6) is 5.75 Å². The molecule has 47 heavy (non-hydrogen) atoms. The maximum Gasteiger partial charge on any atom is 0.248 e. The quantitative estimate of drug-likeness (QED) is 0.202. The number of rotatable bonds is 17. The number of carbonyl (C=O) groups excluding carboxylic acids is 3. The number of hydrogen-bond donors (Lipinski definition) is 1. The van der Waals surface area contributed by atoms with E-state index in [2.05, 4.69) is 18.1 Å². The van der Waals surface area contributed by atoms with Crippen LogP contribution >= 0.6 is 0 Å². The Hall–Kier alpha value is -3.25. The number of aliphatic hydroxyl groups is 1. The average Bonchev–Trinajstić information content (AvgIpc) is 3.69. The Morgan fingerprint density at radius 3 is 2.40 bits per heavy atom. The molecule has 1 spiro atoms. The minimum absolute atomic E-state index is 0.00743. The molecule has 3 amide bonds. The van der Waals surface area contributed by atoms with Gasteiger partial charge in [-0.2, -0.15) is 0 Å². The van der Waals surface area contributed by atoms with Crippen LogP contribution in [0.15, 0.2) is 49.6 Å². The molecule has 4 fully saturated rings. The van der Waals surface area contributed by atoms with E-state index >= 15 is 0 Å². The van der Waals surface area contributed by atoms with Crippen molar-refractivity contribution in [3.63, 3.8) is 0 Å². The van der Waals surface area contributed by atoms with Gasteiger partial charge in [-0.1, -0.05) is 19.1 Å². The lowest BCUT2D eigenvalue weighted by Crippen LogP contribution is -2.57. The first-order valence-corrected chi connectivity index (χ1v) is 17.3. The predicted molar refractivity (Wildman–Crippen MR) is 179 cm³/mol. The van der Waals surface area contributed by atoms with E-state index in [0.29, 0.717) is 89.5 Å². The third kappa shape index (κ3) is 6.60. The van der Waals surface area contributed by atoms with Gasteiger partial charge in [0.05, 0.1) is 37.3 Å². The van der Waals surface area contributed by atoms with Crippen molar-refractivity contribution in [3.05, 3.63) is 49.6 Å². The first-order valence-electron chi connectivity index (χ1n) is 17.3. The summed E-state index contributed by atoms with van der Waals surface area (Å²) in [5.41, 5.74) is -1.31. The van der Waals surface area contributed by atoms with Crippen molar-refractivity contribution >= 4 is 23.4 Å². The summed E-state index contributed by atoms with van der Waals surface area (Å²) in [6.45, 7) is 17.3. The number of fused-ring (bicyclic) bond motifs is 1. The highest BCUT2D eigenvalue weighted by Crippen LogP contribution is 2.64. The van der Waals surface area contributed by atoms with Crippen LogP contribution in [0.4, 0.5) is 5.69 Å². The number of unbranched alkanes of at least 4 members (excludes halogenated alkanes) is 1. The van der Waals surface area contributed by atoms with E-state index in [-0.39, 0.29) is 30.9 Å². The zero-order valence-electron chi connectivity index (χ0n) is 28.1. The average molecular weight is 653 g/mol. The Morgan fingerprint density at radius 1 is 1.04 bits per heavy atom. The highest BCUT2D eigenvalue weighted by atomic mass is 16.5. The van der Waals surface area contributed by atoms with Crippen molar-refractivity contribution in [2.24, 2.45) is 11.8 Å². The third-order valence-corrected chi connectivity index (χ3v) is 10.5. The number of anilines is 1. The maximum atomic E-state index is 14.8. The van der Waals surface area contributed by atoms with E-state index in [1.807, 2.05) is 38.1 Å². The Kier molecular flexibility index (Phi) is 11.4. The Bertz CT molecular complexity index is 1280. The van der Waals surface area contributed by atoms with Crippen molar-refractivity contribution < 1.29 is 33.7 Å². The number of amides is 3. The van der Waals surface area contributed by atoms with E-state index in [4.69, 9.17) is 14.2 Å². The molecule has 258 valence electrons. The van der Waals surface area contributed by atoms with Crippen molar-refractivity contribution in [3.8, 4) is 5.75 Å². The summed E-state index contributed by atoms with van der Waals surface area (Å²) >= 11 is 0. The van der Waals surface area contributed by atoms with Gasteiger partial charge in [0.1, 0.15) is 17.4 Å². The van der Waals surface area contributed by atoms with Crippen molar-refractivity contribution in [2.45, 2.75) is 63.2 Å². The molecule has 2 bridgehead atoms. The lowest BCUT2D eigenvalue weighted by atomic mass is 9.64. The smallest absolute Gasteiger partial charge is 0.248 e. The fourth-order valence-corrected chi connectivity index (χ4v) is 8.22. The van der Waals surface area contributed by atoms with Crippen LogP contribution in [0.25, 0.3) is 0 Å². The number of carbonyl (C=O) groups is 3. The van der Waals surface area contributed by atoms with Gasteiger partial charge in [-0.3, -0.25) is 19.3 Å². The second-order valence-electron chi connectivity index (χ2n) is 13.0. The molecule has 1 aromatic carbocycles. The van der Waals surface area contributed by atoms with Gasteiger partial charge in [-0.25, -0.2) is 0 Å². The van der Waals surface area contributed by atoms with Gasteiger partial charge < -0.3 is 34.0 Å². The SMILES string of the molecule is C=CCN(CCN1CCOCC1)C(=O)C1N(CCCCO)C(=O)[C@@H]2[C@@H](C(=O)N(CC=C)c3ccc(OCC)cc3)[C@@]3(CC)CCC12O3. The van der Waals surface area contributed by atoms with Crippen molar-refractivity contribution in [1.29, 1.82) is 0 Å². The van der Waals surface area contributed by atoms with Crippen LogP contribution in [0.1, 0.15) is 46.0 Å². The third-order valence-electron chi connectivity index (χ3n) is 10.5. The first kappa shape index (κ1) is 35.1. The number of nitrogens with zero attached hydrogens (tertiary/aromatic N) is 4. The summed E-state index contributed by atoms with van der Waals surface area (Å²) in [5, 5.41) is 9.55. The topological polar surface area (TPSA) is 112 Å². The van der Waals surface area contributed by atoms with E-state index in [9.17, 15) is 19.5 Å². The van der Waals surface area contributed by atoms with Crippen molar-refractivity contribution in [2.75, 3.05) is 77.1 Å². The zero-order valence-corrected chi connectivity index (χ0v) is 28.1. The molecule has 2 unspecified atom stereocenters. The molecule has 0 aliphatic carbocycles. The van der Waals surface area contributed by atoms with Crippen LogP contribution in [-0.4, -0.2) is 127 Å². The molecule has 4 heterocycles. The molecule has 4 aliphatic heterocycles. The number of aliphatic hydroxyl groups excluding tert-OH is 1. The molecule has 0 aromatic heterocycles. The number of hydrogen-bond acceptors (Lipinski definition) is 8. The normalized spacial score (nSPS) is 28.3. The minimum Gasteiger partial charge on any atom is -0.494 e. The molecule has 1 aromatic rings. The minimum atomic E-state index is -1.12. The number of ether oxygens (including phenoxy) is 3. The summed E-state index contributed by atoms with van der Waals surface area (Å²) in [6.07, 6.45) is 6.08. The van der Waals surface area contributed by atoms with E-state index in [1.54, 1.807) is 26.9 Å². The van der Waals surface area contributed by atoms with Crippen LogP contribution in [0, 0.1) is 11.8 Å². The Labute approximate surface area is 279 Å². The summed E-state index contributed by atoms with van der Waals surface area (Å²) in [7, 11) is 0. The van der Waals surface area contributed by atoms with Crippen LogP contribution in [-0.2, 0) is 23.9 Å². The van der Waals surface area contributed by atoms with Crippen LogP contribution < -0.4 is 9.64 Å². The predicted octanol–water partition coefficient (Wildman–Crippen LogP) is 2.88. The molecule has 11 nitrogen and oxygen atoms in total. The summed E-state index contributed by atoms with van der Waals surface area (Å²) in [5.74, 6) is -1.45. The largest absolute Gasteiger partial charge is 0.494 e. The van der Waals surface area contributed by atoms with Crippen LogP contribution in [0.3, 0.4) is 0 Å². The zero-order chi connectivity index (χ0) is 33.6. The monoisotopic (exact) mass is 652 g/mol. The van der Waals surface area contributed by atoms with Crippen molar-refractivity contribution in [1.82, 2.24) is 14.7 Å². The fraction of sp³-hybridized carbons (Fsp3) is 0.639. The molecular weight excluding hydrogens is 600 g/mol. The Balaban J connectivity index is 1.50. The molecule has 4 aliphatic rings. The summed E-state index contributed by atoms with van der Waals surface area (Å²) in [4.78, 5) is 51.5. The number of morpholine rings is 1. The van der Waals surface area contributed by atoms with Crippen LogP contribution in [0.2, 0.25) is 0 Å². The molecule has 5 rings (SSSR count). The summed E-state index contributed by atoms with van der Waals surface area (Å²) < 4.78 is 18.1. The lowest BCUT2D eigenvalue weighted by Gasteiger charge is -2.37. The van der Waals surface area contributed by atoms with E-state index < -0.39 is 29.1 Å². The molecular formula is C36H52N4O7. The van der Waals surface area contributed by atoms with Gasteiger partial charge in [0.2, 0.25) is 17.7 Å². The van der Waals surface area contributed by atoms with E-state index in [0.717, 1.165) is 13.1 Å². The maximum absolute atomic E-state index is 14.8. The standard InChI is InChI=1S/C36H52N4O7/c1-5-17-38(21-20-37-22-25-45-26-23-37)34(44)31-36-16-15-35(7-3,47-36)29(30(36)33(43)40(31)19-9-10-24-41)32(42)39(18-6-2)27-11-13-28(14-12-27)46-8-4/h5-6,11-14,29-31,41H,1-2,7-10,15-26H2,3-4H3/t29-,30-,31?,35+,36?/m0/s1. The van der Waals surface area contributed by atoms with Gasteiger partial charge in [0, 0.05) is 58.1 Å². The highest BCUT2D eigenvalue weighted by Gasteiger charge is 2.79. The molecule has 1 N–H and O–H groups in total. The molecule has 11 heteroatoms. The molecule has 4 saturated heterocycles. The highest BCUT2D eigenvalue weighted by molar-refractivity contribution is 6.03. The molecule has 0 saturated carbocycles.